The molecule has 1 heterocycles. The van der Waals surface area contributed by atoms with Crippen LogP contribution in [0.2, 0.25) is 0 Å². The number of esters is 1. The molecule has 0 amide bonds. The van der Waals surface area contributed by atoms with Gasteiger partial charge in [0.1, 0.15) is 0 Å². The number of halogens is 1. The molecule has 74 valence electrons. The van der Waals surface area contributed by atoms with Gasteiger partial charge in [-0.2, -0.15) is 0 Å². The normalized spacial score (nSPS) is 9.57. The van der Waals surface area contributed by atoms with E-state index in [1.807, 2.05) is 0 Å². The van der Waals surface area contributed by atoms with E-state index in [4.69, 9.17) is 4.74 Å². The van der Waals surface area contributed by atoms with E-state index in [0.717, 1.165) is 3.57 Å². The number of ether oxygens (including phenoxy) is 1. The number of pyridine rings is 1. The molecule has 1 rings (SSSR count). The zero-order valence-corrected chi connectivity index (χ0v) is 9.95. The third kappa shape index (κ3) is 2.31. The number of carbonyl (C=O) groups excluding carboxylic acids is 1. The van der Waals surface area contributed by atoms with Crippen LogP contribution < -0.4 is 0 Å². The lowest BCUT2D eigenvalue weighted by Crippen LogP contribution is -2.09. The van der Waals surface area contributed by atoms with Crippen LogP contribution in [0.25, 0.3) is 6.08 Å². The van der Waals surface area contributed by atoms with Crippen molar-refractivity contribution < 1.29 is 9.53 Å². The summed E-state index contributed by atoms with van der Waals surface area (Å²) < 4.78 is 5.74. The molecular weight excluding hydrogens is 293 g/mol. The molecule has 3 nitrogen and oxygen atoms in total. The van der Waals surface area contributed by atoms with Crippen LogP contribution in [0.4, 0.5) is 0 Å². The molecule has 0 atom stereocenters. The van der Waals surface area contributed by atoms with Crippen LogP contribution in [-0.4, -0.2) is 17.6 Å². The Morgan fingerprint density at radius 2 is 2.50 bits per heavy atom. The smallest absolute Gasteiger partial charge is 0.341 e. The third-order valence-corrected chi connectivity index (χ3v) is 2.50. The van der Waals surface area contributed by atoms with E-state index in [1.165, 1.54) is 0 Å². The van der Waals surface area contributed by atoms with Gasteiger partial charge in [-0.25, -0.2) is 4.79 Å². The number of nitrogens with zero attached hydrogens (tertiary/aromatic N) is 1. The summed E-state index contributed by atoms with van der Waals surface area (Å²) in [4.78, 5) is 15.6. The lowest BCUT2D eigenvalue weighted by Gasteiger charge is -2.06. The molecule has 1 aromatic heterocycles. The van der Waals surface area contributed by atoms with Gasteiger partial charge in [-0.15, -0.1) is 0 Å². The molecule has 1 aromatic rings. The second kappa shape index (κ2) is 5.09. The second-order valence-electron chi connectivity index (χ2n) is 2.48. The van der Waals surface area contributed by atoms with Crippen molar-refractivity contribution in [2.24, 2.45) is 0 Å². The van der Waals surface area contributed by atoms with Crippen LogP contribution in [0.15, 0.2) is 18.8 Å². The van der Waals surface area contributed by atoms with Gasteiger partial charge in [-0.3, -0.25) is 4.98 Å². The molecule has 0 aliphatic carbocycles. The quantitative estimate of drug-likeness (QED) is 0.636. The van der Waals surface area contributed by atoms with E-state index in [-0.39, 0.29) is 5.97 Å². The maximum atomic E-state index is 11.5. The van der Waals surface area contributed by atoms with Gasteiger partial charge in [-0.1, -0.05) is 6.58 Å². The summed E-state index contributed by atoms with van der Waals surface area (Å²) in [6.07, 6.45) is 3.19. The third-order valence-electron chi connectivity index (χ3n) is 1.60. The van der Waals surface area contributed by atoms with Crippen molar-refractivity contribution in [3.8, 4) is 0 Å². The van der Waals surface area contributed by atoms with Crippen LogP contribution in [0.3, 0.4) is 0 Å². The van der Waals surface area contributed by atoms with Crippen LogP contribution in [-0.2, 0) is 4.74 Å². The van der Waals surface area contributed by atoms with E-state index in [2.05, 4.69) is 34.2 Å². The summed E-state index contributed by atoms with van der Waals surface area (Å²) in [7, 11) is 0. The van der Waals surface area contributed by atoms with Gasteiger partial charge in [0.2, 0.25) is 0 Å². The van der Waals surface area contributed by atoms with Gasteiger partial charge in [-0.05, 0) is 41.7 Å². The summed E-state index contributed by atoms with van der Waals surface area (Å²) in [6.45, 7) is 5.74. The van der Waals surface area contributed by atoms with Crippen LogP contribution >= 0.6 is 22.6 Å². The van der Waals surface area contributed by atoms with Gasteiger partial charge >= 0.3 is 5.97 Å². The van der Waals surface area contributed by atoms with Crippen LogP contribution in [0, 0.1) is 3.57 Å². The minimum absolute atomic E-state index is 0.347. The Hall–Kier alpha value is -0.910. The molecular formula is C10H10INO2. The topological polar surface area (TPSA) is 39.2 Å². The van der Waals surface area contributed by atoms with E-state index >= 15 is 0 Å². The van der Waals surface area contributed by atoms with E-state index in [1.54, 1.807) is 25.3 Å². The molecule has 0 N–H and O–H groups in total. The molecule has 14 heavy (non-hydrogen) atoms. The maximum Gasteiger partial charge on any atom is 0.341 e. The molecule has 0 saturated carbocycles. The van der Waals surface area contributed by atoms with Gasteiger partial charge < -0.3 is 4.74 Å². The average molecular weight is 303 g/mol. The van der Waals surface area contributed by atoms with Crippen molar-refractivity contribution in [3.63, 3.8) is 0 Å². The lowest BCUT2D eigenvalue weighted by molar-refractivity contribution is 0.0524. The number of carbonyl (C=O) groups is 1. The Morgan fingerprint density at radius 1 is 1.79 bits per heavy atom. The first-order valence-electron chi connectivity index (χ1n) is 4.14. The van der Waals surface area contributed by atoms with Gasteiger partial charge in [0.25, 0.3) is 0 Å². The Labute approximate surface area is 96.3 Å². The summed E-state index contributed by atoms with van der Waals surface area (Å²) in [5.74, 6) is -0.347. The second-order valence-corrected chi connectivity index (χ2v) is 3.64. The first-order valence-corrected chi connectivity index (χ1v) is 5.22. The van der Waals surface area contributed by atoms with E-state index < -0.39 is 0 Å². The summed E-state index contributed by atoms with van der Waals surface area (Å²) in [5, 5.41) is 0. The van der Waals surface area contributed by atoms with Crippen LogP contribution in [0.1, 0.15) is 23.0 Å². The highest BCUT2D eigenvalue weighted by molar-refractivity contribution is 14.1. The van der Waals surface area contributed by atoms with Gasteiger partial charge in [0.05, 0.1) is 17.9 Å². The standard InChI is InChI=1S/C10H10INO2/c1-3-8-9(10(13)14-4-2)7(11)5-6-12-8/h3,5-6H,1,4H2,2H3. The molecule has 0 bridgehead atoms. The van der Waals surface area contributed by atoms with Crippen molar-refractivity contribution in [3.05, 3.63) is 33.7 Å². The summed E-state index contributed by atoms with van der Waals surface area (Å²) in [5.41, 5.74) is 1.06. The van der Waals surface area contributed by atoms with E-state index in [0.29, 0.717) is 17.9 Å². The fraction of sp³-hybridized carbons (Fsp3) is 0.200. The number of aromatic nitrogens is 1. The Bertz CT molecular complexity index is 363. The molecule has 0 saturated heterocycles. The Balaban J connectivity index is 3.16. The average Bonchev–Trinajstić information content (AvgIpc) is 2.17. The molecule has 0 spiro atoms. The van der Waals surface area contributed by atoms with E-state index in [9.17, 15) is 4.79 Å². The molecule has 4 heteroatoms. The zero-order valence-electron chi connectivity index (χ0n) is 7.79. The Kier molecular flexibility index (Phi) is 4.06. The minimum Gasteiger partial charge on any atom is -0.462 e. The van der Waals surface area contributed by atoms with Gasteiger partial charge in [0.15, 0.2) is 0 Å². The monoisotopic (exact) mass is 303 g/mol. The van der Waals surface area contributed by atoms with Crippen molar-refractivity contribution in [2.75, 3.05) is 6.61 Å². The summed E-state index contributed by atoms with van der Waals surface area (Å²) in [6, 6.07) is 1.76. The molecule has 0 radical (unpaired) electrons. The predicted octanol–water partition coefficient (Wildman–Crippen LogP) is 2.51. The number of hydrogen-bond donors (Lipinski definition) is 0. The molecule has 0 aromatic carbocycles. The van der Waals surface area contributed by atoms with Gasteiger partial charge in [0, 0.05) is 9.77 Å². The number of hydrogen-bond acceptors (Lipinski definition) is 3. The highest BCUT2D eigenvalue weighted by atomic mass is 127. The van der Waals surface area contributed by atoms with Crippen molar-refractivity contribution >= 4 is 34.6 Å². The van der Waals surface area contributed by atoms with Crippen molar-refractivity contribution in [1.29, 1.82) is 0 Å². The van der Waals surface area contributed by atoms with Crippen LogP contribution in [0.5, 0.6) is 0 Å². The SMILES string of the molecule is C=Cc1nccc(I)c1C(=O)OCC. The lowest BCUT2D eigenvalue weighted by atomic mass is 10.2. The fourth-order valence-corrected chi connectivity index (χ4v) is 1.67. The maximum absolute atomic E-state index is 11.5. The first kappa shape index (κ1) is 11.2. The van der Waals surface area contributed by atoms with Crippen molar-refractivity contribution in [2.45, 2.75) is 6.92 Å². The molecule has 0 unspecified atom stereocenters. The Morgan fingerprint density at radius 3 is 3.07 bits per heavy atom. The zero-order chi connectivity index (χ0) is 10.6. The number of rotatable bonds is 3. The fourth-order valence-electron chi connectivity index (χ4n) is 1.01. The van der Waals surface area contributed by atoms with Crippen molar-refractivity contribution in [1.82, 2.24) is 4.98 Å². The predicted molar refractivity (Wildman–Crippen MR) is 63.0 cm³/mol. The molecule has 0 aliphatic rings. The highest BCUT2D eigenvalue weighted by Crippen LogP contribution is 2.16. The highest BCUT2D eigenvalue weighted by Gasteiger charge is 2.15. The largest absolute Gasteiger partial charge is 0.462 e. The molecule has 0 aliphatic heterocycles. The first-order chi connectivity index (χ1) is 6.70. The molecule has 0 fully saturated rings. The summed E-state index contributed by atoms with van der Waals surface area (Å²) >= 11 is 2.08. The minimum atomic E-state index is -0.347.